The molecule has 0 radical (unpaired) electrons. The first-order chi connectivity index (χ1) is 15.3. The van der Waals surface area contributed by atoms with Crippen LogP contribution in [0.25, 0.3) is 0 Å². The number of rotatable bonds is 7. The van der Waals surface area contributed by atoms with Gasteiger partial charge in [-0.15, -0.1) is 0 Å². The van der Waals surface area contributed by atoms with E-state index in [9.17, 15) is 18.8 Å². The number of halogens is 3. The highest BCUT2D eigenvalue weighted by Crippen LogP contribution is 2.21. The first kappa shape index (κ1) is 23.8. The van der Waals surface area contributed by atoms with Crippen LogP contribution in [0.5, 0.6) is 0 Å². The molecule has 0 saturated carbocycles. The van der Waals surface area contributed by atoms with Crippen molar-refractivity contribution in [3.8, 4) is 0 Å². The Bertz CT molecular complexity index is 997. The predicted molar refractivity (Wildman–Crippen MR) is 122 cm³/mol. The molecule has 0 bridgehead atoms. The van der Waals surface area contributed by atoms with Crippen molar-refractivity contribution >= 4 is 46.6 Å². The van der Waals surface area contributed by atoms with Gasteiger partial charge in [-0.05, 0) is 36.4 Å². The SMILES string of the molecule is O=C(CCNC(=O)c1ccc(F)cc1Cl)NCC(=O)N1CCN(c2cccc(Cl)c2)CC1. The smallest absolute Gasteiger partial charge is 0.252 e. The maximum absolute atomic E-state index is 13.1. The monoisotopic (exact) mass is 480 g/mol. The number of nitrogens with zero attached hydrogens (tertiary/aromatic N) is 2. The van der Waals surface area contributed by atoms with Gasteiger partial charge in [0.15, 0.2) is 0 Å². The number of hydrogen-bond donors (Lipinski definition) is 2. The molecule has 1 aliphatic rings. The molecular formula is C22H23Cl2FN4O3. The Balaban J connectivity index is 1.35. The van der Waals surface area contributed by atoms with Gasteiger partial charge in [0.25, 0.3) is 5.91 Å². The van der Waals surface area contributed by atoms with Crippen LogP contribution in [0.15, 0.2) is 42.5 Å². The Morgan fingerprint density at radius 2 is 1.72 bits per heavy atom. The topological polar surface area (TPSA) is 81.8 Å². The highest BCUT2D eigenvalue weighted by molar-refractivity contribution is 6.33. The summed E-state index contributed by atoms with van der Waals surface area (Å²) in [6, 6.07) is 11.0. The lowest BCUT2D eigenvalue weighted by Crippen LogP contribution is -2.51. The number of piperazine rings is 1. The van der Waals surface area contributed by atoms with Crippen molar-refractivity contribution in [1.82, 2.24) is 15.5 Å². The lowest BCUT2D eigenvalue weighted by molar-refractivity contribution is -0.133. The molecule has 1 fully saturated rings. The van der Waals surface area contributed by atoms with E-state index in [1.807, 2.05) is 24.3 Å². The van der Waals surface area contributed by atoms with Crippen molar-refractivity contribution in [2.24, 2.45) is 0 Å². The average Bonchev–Trinajstić information content (AvgIpc) is 2.77. The van der Waals surface area contributed by atoms with Crippen molar-refractivity contribution in [2.75, 3.05) is 44.2 Å². The summed E-state index contributed by atoms with van der Waals surface area (Å²) >= 11 is 11.9. The van der Waals surface area contributed by atoms with Crippen LogP contribution in [0.4, 0.5) is 10.1 Å². The molecule has 10 heteroatoms. The van der Waals surface area contributed by atoms with Crippen LogP contribution in [0.1, 0.15) is 16.8 Å². The van der Waals surface area contributed by atoms with E-state index >= 15 is 0 Å². The third-order valence-electron chi connectivity index (χ3n) is 5.06. The van der Waals surface area contributed by atoms with Gasteiger partial charge in [-0.2, -0.15) is 0 Å². The Labute approximate surface area is 195 Å². The molecule has 2 aromatic carbocycles. The summed E-state index contributed by atoms with van der Waals surface area (Å²) in [5.74, 6) is -1.56. The van der Waals surface area contributed by atoms with Crippen molar-refractivity contribution in [2.45, 2.75) is 6.42 Å². The zero-order chi connectivity index (χ0) is 23.1. The number of hydrogen-bond acceptors (Lipinski definition) is 4. The number of anilines is 1. The van der Waals surface area contributed by atoms with Gasteiger partial charge in [-0.1, -0.05) is 29.3 Å². The molecule has 0 unspecified atom stereocenters. The molecule has 1 saturated heterocycles. The first-order valence-corrected chi connectivity index (χ1v) is 10.9. The summed E-state index contributed by atoms with van der Waals surface area (Å²) in [6.45, 7) is 2.42. The van der Waals surface area contributed by atoms with Crippen LogP contribution in [0, 0.1) is 5.82 Å². The lowest BCUT2D eigenvalue weighted by Gasteiger charge is -2.36. The minimum Gasteiger partial charge on any atom is -0.368 e. The molecule has 32 heavy (non-hydrogen) atoms. The molecule has 3 rings (SSSR count). The third-order valence-corrected chi connectivity index (χ3v) is 5.60. The standard InChI is InChI=1S/C22H23Cl2FN4O3/c23-15-2-1-3-17(12-15)28-8-10-29(11-9-28)21(31)14-27-20(30)6-7-26-22(32)18-5-4-16(25)13-19(18)24/h1-5,12-13H,6-11,14H2,(H,26,32)(H,27,30). The van der Waals surface area contributed by atoms with E-state index in [0.29, 0.717) is 31.2 Å². The Kier molecular flexibility index (Phi) is 8.30. The number of nitrogens with one attached hydrogen (secondary N) is 2. The second kappa shape index (κ2) is 11.2. The van der Waals surface area contributed by atoms with Gasteiger partial charge >= 0.3 is 0 Å². The second-order valence-electron chi connectivity index (χ2n) is 7.25. The van der Waals surface area contributed by atoms with Gasteiger partial charge in [0.1, 0.15) is 5.82 Å². The number of benzene rings is 2. The second-order valence-corrected chi connectivity index (χ2v) is 8.10. The van der Waals surface area contributed by atoms with E-state index in [1.165, 1.54) is 6.07 Å². The molecule has 1 aliphatic heterocycles. The van der Waals surface area contributed by atoms with E-state index in [4.69, 9.17) is 23.2 Å². The summed E-state index contributed by atoms with van der Waals surface area (Å²) in [5.41, 5.74) is 1.14. The molecule has 0 spiro atoms. The largest absolute Gasteiger partial charge is 0.368 e. The quantitative estimate of drug-likeness (QED) is 0.638. The van der Waals surface area contributed by atoms with Gasteiger partial charge in [0, 0.05) is 49.9 Å². The van der Waals surface area contributed by atoms with E-state index in [1.54, 1.807) is 4.90 Å². The minimum absolute atomic E-state index is 0.000375. The van der Waals surface area contributed by atoms with Crippen molar-refractivity contribution in [3.63, 3.8) is 0 Å². The minimum atomic E-state index is -0.540. The van der Waals surface area contributed by atoms with Gasteiger partial charge in [-0.25, -0.2) is 4.39 Å². The fourth-order valence-corrected chi connectivity index (χ4v) is 3.76. The summed E-state index contributed by atoms with van der Waals surface area (Å²) in [7, 11) is 0. The molecule has 3 amide bonds. The fraction of sp³-hybridized carbons (Fsp3) is 0.318. The molecule has 2 aromatic rings. The Morgan fingerprint density at radius 1 is 0.969 bits per heavy atom. The number of carbonyl (C=O) groups is 3. The number of amides is 3. The van der Waals surface area contributed by atoms with Crippen LogP contribution < -0.4 is 15.5 Å². The zero-order valence-corrected chi connectivity index (χ0v) is 18.8. The van der Waals surface area contributed by atoms with E-state index in [-0.39, 0.29) is 41.9 Å². The third kappa shape index (κ3) is 6.58. The van der Waals surface area contributed by atoms with Crippen LogP contribution >= 0.6 is 23.2 Å². The van der Waals surface area contributed by atoms with Gasteiger partial charge < -0.3 is 20.4 Å². The molecule has 0 aromatic heterocycles. The molecule has 1 heterocycles. The maximum atomic E-state index is 13.1. The number of carbonyl (C=O) groups excluding carboxylic acids is 3. The average molecular weight is 481 g/mol. The van der Waals surface area contributed by atoms with Gasteiger partial charge in [-0.3, -0.25) is 14.4 Å². The van der Waals surface area contributed by atoms with Gasteiger partial charge in [0.05, 0.1) is 17.1 Å². The summed E-state index contributed by atoms with van der Waals surface area (Å²) in [5, 5.41) is 5.78. The van der Waals surface area contributed by atoms with Gasteiger partial charge in [0.2, 0.25) is 11.8 Å². The normalized spacial score (nSPS) is 13.6. The fourth-order valence-electron chi connectivity index (χ4n) is 3.32. The summed E-state index contributed by atoms with van der Waals surface area (Å²) < 4.78 is 13.1. The Morgan fingerprint density at radius 3 is 2.41 bits per heavy atom. The van der Waals surface area contributed by atoms with Crippen LogP contribution in [0.3, 0.4) is 0 Å². The van der Waals surface area contributed by atoms with E-state index < -0.39 is 11.7 Å². The molecule has 0 atom stereocenters. The zero-order valence-electron chi connectivity index (χ0n) is 17.2. The molecular weight excluding hydrogens is 458 g/mol. The molecule has 7 nitrogen and oxygen atoms in total. The molecule has 2 N–H and O–H groups in total. The van der Waals surface area contributed by atoms with E-state index in [2.05, 4.69) is 15.5 Å². The summed E-state index contributed by atoms with van der Waals surface area (Å²) in [6.07, 6.45) is 0.000375. The molecule has 170 valence electrons. The maximum Gasteiger partial charge on any atom is 0.252 e. The highest BCUT2D eigenvalue weighted by Gasteiger charge is 2.21. The predicted octanol–water partition coefficient (Wildman–Crippen LogP) is 2.72. The van der Waals surface area contributed by atoms with Crippen molar-refractivity contribution in [1.29, 1.82) is 0 Å². The van der Waals surface area contributed by atoms with E-state index in [0.717, 1.165) is 17.8 Å². The first-order valence-electron chi connectivity index (χ1n) is 10.1. The van der Waals surface area contributed by atoms with Crippen molar-refractivity contribution in [3.05, 3.63) is 63.9 Å². The van der Waals surface area contributed by atoms with Crippen LogP contribution in [-0.2, 0) is 9.59 Å². The van der Waals surface area contributed by atoms with Crippen LogP contribution in [0.2, 0.25) is 10.0 Å². The highest BCUT2D eigenvalue weighted by atomic mass is 35.5. The van der Waals surface area contributed by atoms with Crippen LogP contribution in [-0.4, -0.2) is 61.9 Å². The molecule has 0 aliphatic carbocycles. The lowest BCUT2D eigenvalue weighted by atomic mass is 10.2. The van der Waals surface area contributed by atoms with Crippen molar-refractivity contribution < 1.29 is 18.8 Å². The summed E-state index contributed by atoms with van der Waals surface area (Å²) in [4.78, 5) is 40.3. The Hall–Kier alpha value is -2.84.